The number of rotatable bonds is 7. The van der Waals surface area contributed by atoms with Crippen molar-refractivity contribution in [1.82, 2.24) is 0 Å². The summed E-state index contributed by atoms with van der Waals surface area (Å²) in [4.78, 5) is 0.243. The summed E-state index contributed by atoms with van der Waals surface area (Å²) in [5.74, 6) is 1.89. The van der Waals surface area contributed by atoms with Crippen LogP contribution in [0.5, 0.6) is 11.5 Å². The minimum absolute atomic E-state index is 0.0213. The highest BCUT2D eigenvalue weighted by Crippen LogP contribution is 2.52. The van der Waals surface area contributed by atoms with Gasteiger partial charge in [-0.25, -0.2) is 8.42 Å². The minimum Gasteiger partial charge on any atom is -0.496 e. The third-order valence-electron chi connectivity index (χ3n) is 7.52. The molecule has 4 aromatic carbocycles. The highest BCUT2D eigenvalue weighted by Gasteiger charge is 2.40. The molecule has 3 unspecified atom stereocenters. The number of sulfonamides is 1. The van der Waals surface area contributed by atoms with Crippen LogP contribution >= 0.6 is 0 Å². The maximum absolute atomic E-state index is 13.3. The molecule has 4 aromatic rings. The van der Waals surface area contributed by atoms with Crippen molar-refractivity contribution in [3.8, 4) is 11.5 Å². The summed E-state index contributed by atoms with van der Waals surface area (Å²) in [5, 5.41) is 6.08. The Morgan fingerprint density at radius 3 is 2.61 bits per heavy atom. The van der Waals surface area contributed by atoms with Gasteiger partial charge in [-0.15, -0.1) is 0 Å². The molecular formula is C31H30N2O4S. The van der Waals surface area contributed by atoms with Gasteiger partial charge in [0.15, 0.2) is 0 Å². The van der Waals surface area contributed by atoms with Gasteiger partial charge in [0.2, 0.25) is 0 Å². The van der Waals surface area contributed by atoms with Gasteiger partial charge in [0.25, 0.3) is 10.0 Å². The normalized spacial score (nSPS) is 19.9. The molecule has 0 amide bonds. The van der Waals surface area contributed by atoms with Gasteiger partial charge >= 0.3 is 0 Å². The molecule has 0 spiro atoms. The van der Waals surface area contributed by atoms with Gasteiger partial charge in [-0.1, -0.05) is 42.5 Å². The molecule has 0 aromatic heterocycles. The number of ether oxygens (including phenoxy) is 2. The lowest BCUT2D eigenvalue weighted by Crippen LogP contribution is -2.30. The maximum Gasteiger partial charge on any atom is 0.261 e. The molecule has 7 heteroatoms. The van der Waals surface area contributed by atoms with E-state index in [4.69, 9.17) is 9.47 Å². The van der Waals surface area contributed by atoms with E-state index in [1.807, 2.05) is 31.2 Å². The van der Waals surface area contributed by atoms with Crippen molar-refractivity contribution in [1.29, 1.82) is 0 Å². The van der Waals surface area contributed by atoms with E-state index in [2.05, 4.69) is 46.5 Å². The Balaban J connectivity index is 1.35. The molecule has 0 radical (unpaired) electrons. The zero-order chi connectivity index (χ0) is 26.3. The van der Waals surface area contributed by atoms with Crippen LogP contribution in [0.4, 0.5) is 11.4 Å². The molecule has 3 atom stereocenters. The van der Waals surface area contributed by atoms with Gasteiger partial charge in [0.05, 0.1) is 24.7 Å². The number of hydrogen-bond donors (Lipinski definition) is 2. The fraction of sp³-hybridized carbons (Fsp3) is 0.226. The number of benzene rings is 4. The van der Waals surface area contributed by atoms with Gasteiger partial charge in [0.1, 0.15) is 11.5 Å². The van der Waals surface area contributed by atoms with Gasteiger partial charge in [-0.2, -0.15) is 0 Å². The molecule has 0 fully saturated rings. The van der Waals surface area contributed by atoms with Crippen molar-refractivity contribution >= 4 is 32.2 Å². The van der Waals surface area contributed by atoms with Crippen LogP contribution in [0.25, 0.3) is 10.8 Å². The van der Waals surface area contributed by atoms with E-state index >= 15 is 0 Å². The quantitative estimate of drug-likeness (QED) is 0.257. The van der Waals surface area contributed by atoms with Crippen LogP contribution < -0.4 is 19.5 Å². The molecule has 2 N–H and O–H groups in total. The van der Waals surface area contributed by atoms with Gasteiger partial charge in [-0.05, 0) is 84.1 Å². The largest absolute Gasteiger partial charge is 0.496 e. The number of hydrogen-bond acceptors (Lipinski definition) is 5. The SMILES string of the molecule is CCOc1ccc(NS(=O)(=O)c2ccc3c(c2)C2C=CCC2C(c2c(OC)ccc4ccccc24)N3)cc1. The van der Waals surface area contributed by atoms with Crippen molar-refractivity contribution in [2.75, 3.05) is 23.8 Å². The third kappa shape index (κ3) is 4.27. The van der Waals surface area contributed by atoms with E-state index in [0.29, 0.717) is 18.0 Å². The Bertz CT molecular complexity index is 1630. The van der Waals surface area contributed by atoms with Crippen molar-refractivity contribution in [2.24, 2.45) is 5.92 Å². The Kier molecular flexibility index (Phi) is 6.24. The van der Waals surface area contributed by atoms with Crippen molar-refractivity contribution < 1.29 is 17.9 Å². The first-order valence-corrected chi connectivity index (χ1v) is 14.4. The molecule has 38 heavy (non-hydrogen) atoms. The first-order chi connectivity index (χ1) is 18.5. The average molecular weight is 527 g/mol. The van der Waals surface area contributed by atoms with E-state index in [9.17, 15) is 8.42 Å². The van der Waals surface area contributed by atoms with Gasteiger partial charge < -0.3 is 14.8 Å². The molecular weight excluding hydrogens is 496 g/mol. The average Bonchev–Trinajstić information content (AvgIpc) is 3.43. The van der Waals surface area contributed by atoms with Crippen LogP contribution in [-0.4, -0.2) is 22.1 Å². The number of fused-ring (bicyclic) bond motifs is 4. The highest BCUT2D eigenvalue weighted by atomic mass is 32.2. The molecule has 1 aliphatic carbocycles. The first-order valence-electron chi connectivity index (χ1n) is 12.9. The minimum atomic E-state index is -3.77. The predicted octanol–water partition coefficient (Wildman–Crippen LogP) is 6.87. The van der Waals surface area contributed by atoms with Crippen LogP contribution in [-0.2, 0) is 10.0 Å². The zero-order valence-electron chi connectivity index (χ0n) is 21.3. The molecule has 0 saturated carbocycles. The third-order valence-corrected chi connectivity index (χ3v) is 8.90. The van der Waals surface area contributed by atoms with E-state index in [1.54, 1.807) is 37.4 Å². The molecule has 1 heterocycles. The maximum atomic E-state index is 13.3. The second kappa shape index (κ2) is 9.72. The van der Waals surface area contributed by atoms with Crippen LogP contribution in [0.15, 0.2) is 95.9 Å². The number of nitrogens with one attached hydrogen (secondary N) is 2. The van der Waals surface area contributed by atoms with Crippen LogP contribution in [0.1, 0.15) is 36.4 Å². The second-order valence-electron chi connectivity index (χ2n) is 9.69. The Morgan fingerprint density at radius 1 is 1.00 bits per heavy atom. The summed E-state index contributed by atoms with van der Waals surface area (Å²) in [6.07, 6.45) is 5.32. The summed E-state index contributed by atoms with van der Waals surface area (Å²) in [6.45, 7) is 2.46. The lowest BCUT2D eigenvalue weighted by molar-refractivity contribution is 0.340. The number of methoxy groups -OCH3 is 1. The summed E-state index contributed by atoms with van der Waals surface area (Å²) >= 11 is 0. The predicted molar refractivity (Wildman–Crippen MR) is 152 cm³/mol. The smallest absolute Gasteiger partial charge is 0.261 e. The lowest BCUT2D eigenvalue weighted by atomic mass is 9.76. The summed E-state index contributed by atoms with van der Waals surface area (Å²) in [6, 6.07) is 24.8. The fourth-order valence-electron chi connectivity index (χ4n) is 5.80. The Hall–Kier alpha value is -3.97. The molecule has 2 aliphatic rings. The highest BCUT2D eigenvalue weighted by molar-refractivity contribution is 7.92. The van der Waals surface area contributed by atoms with Gasteiger partial charge in [-0.3, -0.25) is 4.72 Å². The lowest BCUT2D eigenvalue weighted by Gasteiger charge is -2.38. The van der Waals surface area contributed by atoms with Crippen molar-refractivity contribution in [2.45, 2.75) is 30.2 Å². The monoisotopic (exact) mass is 526 g/mol. The number of allylic oxidation sites excluding steroid dienone is 2. The Morgan fingerprint density at radius 2 is 1.82 bits per heavy atom. The topological polar surface area (TPSA) is 76.7 Å². The number of anilines is 2. The molecule has 0 bridgehead atoms. The van der Waals surface area contributed by atoms with E-state index in [0.717, 1.165) is 34.4 Å². The van der Waals surface area contributed by atoms with Crippen molar-refractivity contribution in [3.05, 3.63) is 102 Å². The molecule has 0 saturated heterocycles. The standard InChI is InChI=1S/C31H30N2O4S/c1-3-37-22-14-12-21(13-15-22)33-38(34,35)23-16-17-28-27(19-23)25-9-6-10-26(25)31(32-28)30-24-8-5-4-7-20(24)11-18-29(30)36-2/h4-9,11-19,25-26,31-33H,3,10H2,1-2H3. The molecule has 6 rings (SSSR count). The van der Waals surface area contributed by atoms with E-state index in [-0.39, 0.29) is 22.8 Å². The van der Waals surface area contributed by atoms with Crippen molar-refractivity contribution in [3.63, 3.8) is 0 Å². The van der Waals surface area contributed by atoms with Gasteiger partial charge in [0, 0.05) is 22.9 Å². The van der Waals surface area contributed by atoms with Crippen LogP contribution in [0.2, 0.25) is 0 Å². The fourth-order valence-corrected chi connectivity index (χ4v) is 6.89. The zero-order valence-corrected chi connectivity index (χ0v) is 22.2. The Labute approximate surface area is 223 Å². The summed E-state index contributed by atoms with van der Waals surface area (Å²) < 4.78 is 40.6. The van der Waals surface area contributed by atoms with Crippen LogP contribution in [0.3, 0.4) is 0 Å². The second-order valence-corrected chi connectivity index (χ2v) is 11.4. The molecule has 1 aliphatic heterocycles. The first kappa shape index (κ1) is 24.4. The van der Waals surface area contributed by atoms with E-state index in [1.165, 1.54) is 5.39 Å². The molecule has 194 valence electrons. The van der Waals surface area contributed by atoms with E-state index < -0.39 is 10.0 Å². The van der Waals surface area contributed by atoms with Crippen LogP contribution in [0, 0.1) is 5.92 Å². The summed E-state index contributed by atoms with van der Waals surface area (Å²) in [5.41, 5.74) is 3.57. The molecule has 6 nitrogen and oxygen atoms in total. The summed E-state index contributed by atoms with van der Waals surface area (Å²) in [7, 11) is -2.06.